The molecule has 0 aliphatic carbocycles. The summed E-state index contributed by atoms with van der Waals surface area (Å²) in [5.41, 5.74) is 1.64. The molecule has 2 rings (SSSR count). The molecule has 0 saturated heterocycles. The van der Waals surface area contributed by atoms with E-state index in [1.807, 2.05) is 56.3 Å². The molecule has 1 unspecified atom stereocenters. The first-order valence-corrected chi connectivity index (χ1v) is 6.19. The fraction of sp³-hybridized carbons (Fsp3) is 0.267. The summed E-state index contributed by atoms with van der Waals surface area (Å²) in [5.74, 6) is 0.643. The van der Waals surface area contributed by atoms with Gasteiger partial charge in [0.1, 0.15) is 5.76 Å². The Morgan fingerprint density at radius 2 is 2.05 bits per heavy atom. The van der Waals surface area contributed by atoms with Crippen LogP contribution >= 0.6 is 0 Å². The SMILES string of the molecule is CC(NC(=O)c1cccc(N(C)C)c1)c1ccco1. The van der Waals surface area contributed by atoms with Crippen LogP contribution in [0.15, 0.2) is 47.1 Å². The summed E-state index contributed by atoms with van der Waals surface area (Å²) in [6.45, 7) is 1.90. The van der Waals surface area contributed by atoms with Crippen LogP contribution in [0.2, 0.25) is 0 Å². The average molecular weight is 258 g/mol. The predicted octanol–water partition coefficient (Wildman–Crippen LogP) is 2.84. The normalized spacial score (nSPS) is 11.9. The summed E-state index contributed by atoms with van der Waals surface area (Å²) < 4.78 is 5.27. The van der Waals surface area contributed by atoms with Crippen LogP contribution in [0.25, 0.3) is 0 Å². The van der Waals surface area contributed by atoms with E-state index in [0.717, 1.165) is 11.4 Å². The first-order chi connectivity index (χ1) is 9.08. The lowest BCUT2D eigenvalue weighted by atomic mass is 10.1. The summed E-state index contributed by atoms with van der Waals surface area (Å²) in [5, 5.41) is 2.91. The summed E-state index contributed by atoms with van der Waals surface area (Å²) in [7, 11) is 3.89. The molecule has 1 heterocycles. The van der Waals surface area contributed by atoms with Gasteiger partial charge in [-0.1, -0.05) is 6.07 Å². The number of carbonyl (C=O) groups is 1. The van der Waals surface area contributed by atoms with E-state index in [0.29, 0.717) is 5.56 Å². The number of nitrogens with one attached hydrogen (secondary N) is 1. The summed E-state index contributed by atoms with van der Waals surface area (Å²) >= 11 is 0. The van der Waals surface area contributed by atoms with Crippen LogP contribution in [0.5, 0.6) is 0 Å². The Balaban J connectivity index is 2.10. The van der Waals surface area contributed by atoms with Crippen LogP contribution in [0.1, 0.15) is 29.1 Å². The zero-order valence-corrected chi connectivity index (χ0v) is 11.4. The first kappa shape index (κ1) is 13.2. The number of carbonyl (C=O) groups excluding carboxylic acids is 1. The van der Waals surface area contributed by atoms with Gasteiger partial charge in [-0.2, -0.15) is 0 Å². The van der Waals surface area contributed by atoms with Gasteiger partial charge in [-0.25, -0.2) is 0 Å². The molecule has 19 heavy (non-hydrogen) atoms. The number of nitrogens with zero attached hydrogens (tertiary/aromatic N) is 1. The highest BCUT2D eigenvalue weighted by Gasteiger charge is 2.13. The van der Waals surface area contributed by atoms with E-state index < -0.39 is 0 Å². The lowest BCUT2D eigenvalue weighted by Crippen LogP contribution is -2.26. The van der Waals surface area contributed by atoms with Crippen molar-refractivity contribution in [3.8, 4) is 0 Å². The molecular weight excluding hydrogens is 240 g/mol. The van der Waals surface area contributed by atoms with Gasteiger partial charge >= 0.3 is 0 Å². The van der Waals surface area contributed by atoms with Gasteiger partial charge in [0.2, 0.25) is 0 Å². The van der Waals surface area contributed by atoms with E-state index in [1.54, 1.807) is 12.3 Å². The maximum atomic E-state index is 12.2. The zero-order chi connectivity index (χ0) is 13.8. The van der Waals surface area contributed by atoms with E-state index in [1.165, 1.54) is 0 Å². The molecule has 4 nitrogen and oxygen atoms in total. The first-order valence-electron chi connectivity index (χ1n) is 6.19. The molecule has 1 N–H and O–H groups in total. The largest absolute Gasteiger partial charge is 0.467 e. The molecule has 0 bridgehead atoms. The molecule has 0 fully saturated rings. The quantitative estimate of drug-likeness (QED) is 0.917. The van der Waals surface area contributed by atoms with E-state index in [4.69, 9.17) is 4.42 Å². The van der Waals surface area contributed by atoms with Crippen molar-refractivity contribution in [3.63, 3.8) is 0 Å². The highest BCUT2D eigenvalue weighted by atomic mass is 16.3. The van der Waals surface area contributed by atoms with Crippen molar-refractivity contribution in [2.75, 3.05) is 19.0 Å². The Kier molecular flexibility index (Phi) is 3.90. The minimum atomic E-state index is -0.148. The van der Waals surface area contributed by atoms with Gasteiger partial charge in [0.25, 0.3) is 5.91 Å². The van der Waals surface area contributed by atoms with E-state index in [-0.39, 0.29) is 11.9 Å². The highest BCUT2D eigenvalue weighted by Crippen LogP contribution is 2.16. The Morgan fingerprint density at radius 1 is 1.26 bits per heavy atom. The maximum Gasteiger partial charge on any atom is 0.251 e. The van der Waals surface area contributed by atoms with Gasteiger partial charge in [0.15, 0.2) is 0 Å². The second kappa shape index (κ2) is 5.61. The molecule has 2 aromatic rings. The van der Waals surface area contributed by atoms with Crippen LogP contribution in [0.3, 0.4) is 0 Å². The third-order valence-corrected chi connectivity index (χ3v) is 2.94. The van der Waals surface area contributed by atoms with E-state index in [9.17, 15) is 4.79 Å². The number of hydrogen-bond acceptors (Lipinski definition) is 3. The van der Waals surface area contributed by atoms with Crippen molar-refractivity contribution in [3.05, 3.63) is 54.0 Å². The topological polar surface area (TPSA) is 45.5 Å². The summed E-state index contributed by atoms with van der Waals surface area (Å²) in [6, 6.07) is 11.0. The van der Waals surface area contributed by atoms with Crippen LogP contribution in [-0.4, -0.2) is 20.0 Å². The van der Waals surface area contributed by atoms with E-state index >= 15 is 0 Å². The Bertz CT molecular complexity index is 547. The number of furan rings is 1. The Morgan fingerprint density at radius 3 is 2.68 bits per heavy atom. The third-order valence-electron chi connectivity index (χ3n) is 2.94. The maximum absolute atomic E-state index is 12.2. The molecule has 100 valence electrons. The van der Waals surface area contributed by atoms with Crippen molar-refractivity contribution < 1.29 is 9.21 Å². The third kappa shape index (κ3) is 3.16. The van der Waals surface area contributed by atoms with Gasteiger partial charge in [0, 0.05) is 25.3 Å². The van der Waals surface area contributed by atoms with Crippen molar-refractivity contribution >= 4 is 11.6 Å². The predicted molar refractivity (Wildman–Crippen MR) is 75.4 cm³/mol. The van der Waals surface area contributed by atoms with Crippen molar-refractivity contribution in [2.45, 2.75) is 13.0 Å². The highest BCUT2D eigenvalue weighted by molar-refractivity contribution is 5.95. The van der Waals surface area contributed by atoms with Crippen LogP contribution < -0.4 is 10.2 Å². The van der Waals surface area contributed by atoms with Gasteiger partial charge in [-0.15, -0.1) is 0 Å². The van der Waals surface area contributed by atoms with Crippen LogP contribution in [0.4, 0.5) is 5.69 Å². The number of rotatable bonds is 4. The molecule has 0 aliphatic rings. The molecule has 4 heteroatoms. The van der Waals surface area contributed by atoms with Gasteiger partial charge < -0.3 is 14.6 Å². The average Bonchev–Trinajstić information content (AvgIpc) is 2.92. The molecule has 0 spiro atoms. The molecule has 1 aromatic heterocycles. The minimum absolute atomic E-state index is 0.104. The molecule has 0 aliphatic heterocycles. The number of amides is 1. The lowest BCUT2D eigenvalue weighted by Gasteiger charge is -2.15. The molecule has 0 saturated carbocycles. The number of hydrogen-bond donors (Lipinski definition) is 1. The minimum Gasteiger partial charge on any atom is -0.467 e. The monoisotopic (exact) mass is 258 g/mol. The smallest absolute Gasteiger partial charge is 0.251 e. The molecular formula is C15H18N2O2. The zero-order valence-electron chi connectivity index (χ0n) is 11.4. The Labute approximate surface area is 113 Å². The van der Waals surface area contributed by atoms with Crippen molar-refractivity contribution in [1.29, 1.82) is 0 Å². The molecule has 1 amide bonds. The molecule has 1 aromatic carbocycles. The lowest BCUT2D eigenvalue weighted by molar-refractivity contribution is 0.0935. The molecule has 0 radical (unpaired) electrons. The second-order valence-corrected chi connectivity index (χ2v) is 4.66. The fourth-order valence-corrected chi connectivity index (χ4v) is 1.81. The fourth-order valence-electron chi connectivity index (χ4n) is 1.81. The Hall–Kier alpha value is -2.23. The summed E-state index contributed by atoms with van der Waals surface area (Å²) in [4.78, 5) is 14.1. The van der Waals surface area contributed by atoms with Gasteiger partial charge in [-0.05, 0) is 37.3 Å². The van der Waals surface area contributed by atoms with Crippen molar-refractivity contribution in [2.24, 2.45) is 0 Å². The molecule has 1 atom stereocenters. The standard InChI is InChI=1S/C15H18N2O2/c1-11(14-8-5-9-19-14)16-15(18)12-6-4-7-13(10-12)17(2)3/h4-11H,1-3H3,(H,16,18). The number of benzene rings is 1. The van der Waals surface area contributed by atoms with Crippen LogP contribution in [-0.2, 0) is 0 Å². The number of anilines is 1. The van der Waals surface area contributed by atoms with Gasteiger partial charge in [-0.3, -0.25) is 4.79 Å². The van der Waals surface area contributed by atoms with Gasteiger partial charge in [0.05, 0.1) is 12.3 Å². The van der Waals surface area contributed by atoms with Crippen molar-refractivity contribution in [1.82, 2.24) is 5.32 Å². The second-order valence-electron chi connectivity index (χ2n) is 4.66. The summed E-state index contributed by atoms with van der Waals surface area (Å²) in [6.07, 6.45) is 1.60. The van der Waals surface area contributed by atoms with E-state index in [2.05, 4.69) is 5.32 Å². The van der Waals surface area contributed by atoms with Crippen LogP contribution in [0, 0.1) is 0 Å².